The molecule has 0 atom stereocenters. The van der Waals surface area contributed by atoms with E-state index in [0.717, 1.165) is 12.2 Å². The topological polar surface area (TPSA) is 68.8 Å². The van der Waals surface area contributed by atoms with E-state index in [1.54, 1.807) is 0 Å². The lowest BCUT2D eigenvalue weighted by molar-refractivity contribution is 0.809. The highest BCUT2D eigenvalue weighted by atomic mass is 15.4. The molecule has 0 aliphatic rings. The number of nitrogens with one attached hydrogen (secondary N) is 1. The standard InChI is InChI=1S/C5H11N5/c1-3-4-8-9-5(7-6)10(4)2/h3,6H2,1-2H3,(H,7,9). The molecule has 0 bridgehead atoms. The lowest BCUT2D eigenvalue weighted by atomic mass is 10.5. The summed E-state index contributed by atoms with van der Waals surface area (Å²) in [7, 11) is 1.87. The second kappa shape index (κ2) is 2.66. The summed E-state index contributed by atoms with van der Waals surface area (Å²) >= 11 is 0. The maximum atomic E-state index is 5.15. The van der Waals surface area contributed by atoms with Crippen molar-refractivity contribution in [1.29, 1.82) is 0 Å². The third kappa shape index (κ3) is 0.950. The smallest absolute Gasteiger partial charge is 0.238 e. The van der Waals surface area contributed by atoms with Gasteiger partial charge < -0.3 is 0 Å². The predicted molar refractivity (Wildman–Crippen MR) is 38.2 cm³/mol. The van der Waals surface area contributed by atoms with E-state index in [1.165, 1.54) is 0 Å². The van der Waals surface area contributed by atoms with Gasteiger partial charge in [0.25, 0.3) is 0 Å². The first-order chi connectivity index (χ1) is 4.79. The van der Waals surface area contributed by atoms with E-state index in [-0.39, 0.29) is 0 Å². The molecule has 5 nitrogen and oxygen atoms in total. The molecule has 1 rings (SSSR count). The van der Waals surface area contributed by atoms with E-state index < -0.39 is 0 Å². The maximum absolute atomic E-state index is 5.15. The Hall–Kier alpha value is -1.10. The van der Waals surface area contributed by atoms with Gasteiger partial charge in [-0.15, -0.1) is 10.2 Å². The van der Waals surface area contributed by atoms with Crippen molar-refractivity contribution in [2.75, 3.05) is 5.43 Å². The molecule has 0 aromatic carbocycles. The van der Waals surface area contributed by atoms with Gasteiger partial charge in [-0.25, -0.2) is 5.84 Å². The summed E-state index contributed by atoms with van der Waals surface area (Å²) in [4.78, 5) is 0. The SMILES string of the molecule is CCc1nnc(NN)n1C. The summed E-state index contributed by atoms with van der Waals surface area (Å²) in [6.45, 7) is 2.02. The number of rotatable bonds is 2. The molecule has 0 saturated carbocycles. The first kappa shape index (κ1) is 7.01. The van der Waals surface area contributed by atoms with Crippen LogP contribution >= 0.6 is 0 Å². The molecule has 10 heavy (non-hydrogen) atoms. The van der Waals surface area contributed by atoms with Gasteiger partial charge in [0.15, 0.2) is 0 Å². The minimum absolute atomic E-state index is 0.594. The highest BCUT2D eigenvalue weighted by Gasteiger charge is 2.02. The second-order valence-corrected chi connectivity index (χ2v) is 2.00. The number of nitrogens with two attached hydrogens (primary N) is 1. The first-order valence-electron chi connectivity index (χ1n) is 3.14. The third-order valence-corrected chi connectivity index (χ3v) is 1.41. The van der Waals surface area contributed by atoms with E-state index in [9.17, 15) is 0 Å². The molecule has 0 saturated heterocycles. The normalized spacial score (nSPS) is 9.90. The van der Waals surface area contributed by atoms with Crippen LogP contribution < -0.4 is 11.3 Å². The van der Waals surface area contributed by atoms with E-state index in [1.807, 2.05) is 18.5 Å². The van der Waals surface area contributed by atoms with Crippen LogP contribution in [0.1, 0.15) is 12.7 Å². The zero-order valence-electron chi connectivity index (χ0n) is 6.13. The van der Waals surface area contributed by atoms with Gasteiger partial charge in [-0.05, 0) is 0 Å². The Balaban J connectivity index is 2.97. The van der Waals surface area contributed by atoms with Crippen LogP contribution in [-0.2, 0) is 13.5 Å². The average molecular weight is 141 g/mol. The quantitative estimate of drug-likeness (QED) is 0.437. The van der Waals surface area contributed by atoms with E-state index in [4.69, 9.17) is 5.84 Å². The molecule has 0 radical (unpaired) electrons. The van der Waals surface area contributed by atoms with Crippen LogP contribution in [0, 0.1) is 0 Å². The predicted octanol–water partition coefficient (Wildman–Crippen LogP) is -0.337. The zero-order valence-corrected chi connectivity index (χ0v) is 6.13. The van der Waals surface area contributed by atoms with Crippen LogP contribution in [0.25, 0.3) is 0 Å². The molecule has 0 spiro atoms. The average Bonchev–Trinajstić information content (AvgIpc) is 2.30. The number of hydrazine groups is 1. The number of nitrogen functional groups attached to an aromatic ring is 1. The van der Waals surface area contributed by atoms with Crippen molar-refractivity contribution < 1.29 is 0 Å². The van der Waals surface area contributed by atoms with Gasteiger partial charge in [-0.3, -0.25) is 9.99 Å². The third-order valence-electron chi connectivity index (χ3n) is 1.41. The van der Waals surface area contributed by atoms with Gasteiger partial charge in [0.2, 0.25) is 5.95 Å². The minimum atomic E-state index is 0.594. The molecule has 56 valence electrons. The van der Waals surface area contributed by atoms with Crippen molar-refractivity contribution in [3.05, 3.63) is 5.82 Å². The molecule has 1 heterocycles. The molecule has 1 aromatic rings. The number of nitrogens with zero attached hydrogens (tertiary/aromatic N) is 3. The van der Waals surface area contributed by atoms with Gasteiger partial charge in [0.05, 0.1) is 0 Å². The number of hydrogen-bond donors (Lipinski definition) is 2. The molecule has 1 aromatic heterocycles. The van der Waals surface area contributed by atoms with Crippen LogP contribution in [0.15, 0.2) is 0 Å². The van der Waals surface area contributed by atoms with E-state index >= 15 is 0 Å². The molecular weight excluding hydrogens is 130 g/mol. The fourth-order valence-electron chi connectivity index (χ4n) is 0.795. The lowest BCUT2D eigenvalue weighted by Gasteiger charge is -1.98. The van der Waals surface area contributed by atoms with E-state index in [2.05, 4.69) is 15.6 Å². The summed E-state index contributed by atoms with van der Waals surface area (Å²) in [6, 6.07) is 0. The lowest BCUT2D eigenvalue weighted by Crippen LogP contribution is -2.12. The van der Waals surface area contributed by atoms with Crippen LogP contribution in [0.5, 0.6) is 0 Å². The Morgan fingerprint density at radius 2 is 2.30 bits per heavy atom. The Kier molecular flexibility index (Phi) is 1.86. The molecular formula is C5H11N5. The molecule has 5 heteroatoms. The van der Waals surface area contributed by atoms with Crippen molar-refractivity contribution in [3.8, 4) is 0 Å². The summed E-state index contributed by atoms with van der Waals surface area (Å²) in [6.07, 6.45) is 0.866. The summed E-state index contributed by atoms with van der Waals surface area (Å²) in [5, 5.41) is 7.66. The van der Waals surface area contributed by atoms with Crippen molar-refractivity contribution in [3.63, 3.8) is 0 Å². The Bertz CT molecular complexity index is 194. The molecule has 0 unspecified atom stereocenters. The Morgan fingerprint density at radius 1 is 1.60 bits per heavy atom. The van der Waals surface area contributed by atoms with Crippen LogP contribution in [0.4, 0.5) is 5.95 Å². The maximum Gasteiger partial charge on any atom is 0.238 e. The van der Waals surface area contributed by atoms with Gasteiger partial charge in [-0.2, -0.15) is 0 Å². The number of hydrogen-bond acceptors (Lipinski definition) is 4. The molecule has 0 fully saturated rings. The van der Waals surface area contributed by atoms with Gasteiger partial charge >= 0.3 is 0 Å². The number of aromatic nitrogens is 3. The molecule has 3 N–H and O–H groups in total. The van der Waals surface area contributed by atoms with Crippen molar-refractivity contribution in [2.45, 2.75) is 13.3 Å². The number of anilines is 1. The van der Waals surface area contributed by atoms with Crippen LogP contribution in [0.2, 0.25) is 0 Å². The largest absolute Gasteiger partial charge is 0.300 e. The van der Waals surface area contributed by atoms with Crippen LogP contribution in [0.3, 0.4) is 0 Å². The zero-order chi connectivity index (χ0) is 7.56. The van der Waals surface area contributed by atoms with Crippen molar-refractivity contribution in [2.24, 2.45) is 12.9 Å². The molecule has 0 aliphatic heterocycles. The Morgan fingerprint density at radius 3 is 2.60 bits per heavy atom. The van der Waals surface area contributed by atoms with Gasteiger partial charge in [-0.1, -0.05) is 6.92 Å². The number of aryl methyl sites for hydroxylation is 1. The second-order valence-electron chi connectivity index (χ2n) is 2.00. The van der Waals surface area contributed by atoms with Crippen molar-refractivity contribution >= 4 is 5.95 Å². The van der Waals surface area contributed by atoms with Gasteiger partial charge in [0.1, 0.15) is 5.82 Å². The Labute approximate surface area is 59.2 Å². The van der Waals surface area contributed by atoms with Gasteiger partial charge in [0, 0.05) is 13.5 Å². The monoisotopic (exact) mass is 141 g/mol. The van der Waals surface area contributed by atoms with Crippen molar-refractivity contribution in [1.82, 2.24) is 14.8 Å². The van der Waals surface area contributed by atoms with Crippen LogP contribution in [-0.4, -0.2) is 14.8 Å². The summed E-state index contributed by atoms with van der Waals surface area (Å²) in [5.74, 6) is 6.66. The minimum Gasteiger partial charge on any atom is -0.300 e. The van der Waals surface area contributed by atoms with E-state index in [0.29, 0.717) is 5.95 Å². The molecule has 0 amide bonds. The highest BCUT2D eigenvalue weighted by molar-refractivity contribution is 5.22. The fourth-order valence-corrected chi connectivity index (χ4v) is 0.795. The highest BCUT2D eigenvalue weighted by Crippen LogP contribution is 2.02. The fraction of sp³-hybridized carbons (Fsp3) is 0.600. The first-order valence-corrected chi connectivity index (χ1v) is 3.14. The molecule has 0 aliphatic carbocycles. The summed E-state index contributed by atoms with van der Waals surface area (Å²) in [5.41, 5.74) is 2.44. The summed E-state index contributed by atoms with van der Waals surface area (Å²) < 4.78 is 1.82.